The molecule has 0 bridgehead atoms. The van der Waals surface area contributed by atoms with Crippen molar-refractivity contribution in [2.45, 2.75) is 39.2 Å². The van der Waals surface area contributed by atoms with Crippen LogP contribution >= 0.6 is 0 Å². The molecule has 2 rings (SSSR count). The number of carbonyl (C=O) groups is 1. The van der Waals surface area contributed by atoms with Crippen LogP contribution in [0.2, 0.25) is 0 Å². The Morgan fingerprint density at radius 2 is 2.28 bits per heavy atom. The molecule has 0 saturated carbocycles. The number of carbonyl (C=O) groups excluding carboxylic acids is 1. The van der Waals surface area contributed by atoms with Gasteiger partial charge in [0.05, 0.1) is 6.61 Å². The van der Waals surface area contributed by atoms with Gasteiger partial charge in [0.15, 0.2) is 0 Å². The van der Waals surface area contributed by atoms with Crippen molar-refractivity contribution in [1.29, 1.82) is 0 Å². The molecule has 0 radical (unpaired) electrons. The fourth-order valence-electron chi connectivity index (χ4n) is 3.03. The standard InChI is InChI=1S/C14H26N2O2/c1-3-16(9-12-5-7-18-10-12)14(17)13-4-6-15-11(2)8-13/h11-13,15H,3-10H2,1-2H3. The summed E-state index contributed by atoms with van der Waals surface area (Å²) in [6, 6.07) is 0.473. The zero-order valence-corrected chi connectivity index (χ0v) is 11.7. The maximum absolute atomic E-state index is 12.5. The molecule has 2 saturated heterocycles. The topological polar surface area (TPSA) is 41.6 Å². The number of nitrogens with one attached hydrogen (secondary N) is 1. The Morgan fingerprint density at radius 3 is 2.89 bits per heavy atom. The average Bonchev–Trinajstić information content (AvgIpc) is 2.88. The molecule has 104 valence electrons. The quantitative estimate of drug-likeness (QED) is 0.821. The lowest BCUT2D eigenvalue weighted by atomic mass is 9.91. The third-order valence-corrected chi connectivity index (χ3v) is 4.17. The largest absolute Gasteiger partial charge is 0.381 e. The first-order chi connectivity index (χ1) is 8.70. The molecule has 2 aliphatic rings. The maximum Gasteiger partial charge on any atom is 0.225 e. The van der Waals surface area contributed by atoms with Gasteiger partial charge in [0.1, 0.15) is 0 Å². The summed E-state index contributed by atoms with van der Waals surface area (Å²) in [6.07, 6.45) is 3.07. The molecule has 3 atom stereocenters. The number of amides is 1. The highest BCUT2D eigenvalue weighted by Crippen LogP contribution is 2.21. The average molecular weight is 254 g/mol. The van der Waals surface area contributed by atoms with E-state index in [0.717, 1.165) is 52.1 Å². The molecule has 0 aliphatic carbocycles. The molecule has 1 amide bonds. The third kappa shape index (κ3) is 3.45. The number of piperidine rings is 1. The second-order valence-corrected chi connectivity index (χ2v) is 5.68. The van der Waals surface area contributed by atoms with E-state index in [1.54, 1.807) is 0 Å². The minimum atomic E-state index is 0.225. The molecule has 0 spiro atoms. The number of nitrogens with zero attached hydrogens (tertiary/aromatic N) is 1. The summed E-state index contributed by atoms with van der Waals surface area (Å²) in [5, 5.41) is 3.41. The Labute approximate surface area is 110 Å². The van der Waals surface area contributed by atoms with E-state index >= 15 is 0 Å². The van der Waals surface area contributed by atoms with Crippen LogP contribution < -0.4 is 5.32 Å². The number of ether oxygens (including phenoxy) is 1. The van der Waals surface area contributed by atoms with Gasteiger partial charge < -0.3 is 15.0 Å². The van der Waals surface area contributed by atoms with Crippen molar-refractivity contribution in [3.8, 4) is 0 Å². The molecule has 4 heteroatoms. The van der Waals surface area contributed by atoms with Crippen molar-refractivity contribution in [2.75, 3.05) is 32.8 Å². The first-order valence-corrected chi connectivity index (χ1v) is 7.30. The van der Waals surface area contributed by atoms with Crippen LogP contribution in [-0.4, -0.2) is 49.7 Å². The van der Waals surface area contributed by atoms with Crippen molar-refractivity contribution in [1.82, 2.24) is 10.2 Å². The zero-order chi connectivity index (χ0) is 13.0. The molecular formula is C14H26N2O2. The van der Waals surface area contributed by atoms with Crippen LogP contribution in [0.3, 0.4) is 0 Å². The highest BCUT2D eigenvalue weighted by molar-refractivity contribution is 5.79. The van der Waals surface area contributed by atoms with E-state index in [1.807, 2.05) is 4.90 Å². The molecular weight excluding hydrogens is 228 g/mol. The lowest BCUT2D eigenvalue weighted by molar-refractivity contribution is -0.137. The first-order valence-electron chi connectivity index (χ1n) is 7.30. The normalized spacial score (nSPS) is 32.4. The second-order valence-electron chi connectivity index (χ2n) is 5.68. The van der Waals surface area contributed by atoms with Crippen LogP contribution in [0.5, 0.6) is 0 Å². The summed E-state index contributed by atoms with van der Waals surface area (Å²) in [4.78, 5) is 14.6. The molecule has 2 heterocycles. The summed E-state index contributed by atoms with van der Waals surface area (Å²) in [6.45, 7) is 8.62. The van der Waals surface area contributed by atoms with Crippen LogP contribution in [0.4, 0.5) is 0 Å². The van der Waals surface area contributed by atoms with Crippen molar-refractivity contribution in [2.24, 2.45) is 11.8 Å². The molecule has 1 N–H and O–H groups in total. The summed E-state index contributed by atoms with van der Waals surface area (Å²) < 4.78 is 5.40. The zero-order valence-electron chi connectivity index (χ0n) is 11.7. The Morgan fingerprint density at radius 1 is 1.44 bits per heavy atom. The van der Waals surface area contributed by atoms with Gasteiger partial charge >= 0.3 is 0 Å². The van der Waals surface area contributed by atoms with Gasteiger partial charge in [0, 0.05) is 37.6 Å². The molecule has 2 fully saturated rings. The van der Waals surface area contributed by atoms with Gasteiger partial charge in [-0.3, -0.25) is 4.79 Å². The molecule has 0 aromatic rings. The van der Waals surface area contributed by atoms with Gasteiger partial charge in [-0.25, -0.2) is 0 Å². The number of rotatable bonds is 4. The van der Waals surface area contributed by atoms with Crippen molar-refractivity contribution in [3.63, 3.8) is 0 Å². The van der Waals surface area contributed by atoms with Gasteiger partial charge in [0.2, 0.25) is 5.91 Å². The van der Waals surface area contributed by atoms with Crippen molar-refractivity contribution >= 4 is 5.91 Å². The van der Waals surface area contributed by atoms with Crippen LogP contribution in [-0.2, 0) is 9.53 Å². The number of hydrogen-bond donors (Lipinski definition) is 1. The lowest BCUT2D eigenvalue weighted by Crippen LogP contribution is -2.45. The molecule has 2 aliphatic heterocycles. The van der Waals surface area contributed by atoms with E-state index in [2.05, 4.69) is 19.2 Å². The summed E-state index contributed by atoms with van der Waals surface area (Å²) in [5.74, 6) is 1.13. The fourth-order valence-corrected chi connectivity index (χ4v) is 3.03. The van der Waals surface area contributed by atoms with E-state index in [4.69, 9.17) is 4.74 Å². The van der Waals surface area contributed by atoms with Crippen molar-refractivity contribution < 1.29 is 9.53 Å². The lowest BCUT2D eigenvalue weighted by Gasteiger charge is -2.32. The van der Waals surface area contributed by atoms with E-state index in [1.165, 1.54) is 0 Å². The summed E-state index contributed by atoms with van der Waals surface area (Å²) >= 11 is 0. The highest BCUT2D eigenvalue weighted by Gasteiger charge is 2.29. The molecule has 3 unspecified atom stereocenters. The van der Waals surface area contributed by atoms with Gasteiger partial charge in [0.25, 0.3) is 0 Å². The predicted octanol–water partition coefficient (Wildman–Crippen LogP) is 1.26. The first kappa shape index (κ1) is 13.8. The third-order valence-electron chi connectivity index (χ3n) is 4.17. The smallest absolute Gasteiger partial charge is 0.225 e. The van der Waals surface area contributed by atoms with Crippen LogP contribution in [0.1, 0.15) is 33.1 Å². The van der Waals surface area contributed by atoms with Crippen LogP contribution in [0, 0.1) is 11.8 Å². The van der Waals surface area contributed by atoms with Crippen LogP contribution in [0.25, 0.3) is 0 Å². The minimum Gasteiger partial charge on any atom is -0.381 e. The van der Waals surface area contributed by atoms with E-state index in [0.29, 0.717) is 17.9 Å². The van der Waals surface area contributed by atoms with Crippen molar-refractivity contribution in [3.05, 3.63) is 0 Å². The minimum absolute atomic E-state index is 0.225. The fraction of sp³-hybridized carbons (Fsp3) is 0.929. The second kappa shape index (κ2) is 6.53. The van der Waals surface area contributed by atoms with Gasteiger partial charge in [-0.2, -0.15) is 0 Å². The predicted molar refractivity (Wildman–Crippen MR) is 71.4 cm³/mol. The summed E-state index contributed by atoms with van der Waals surface area (Å²) in [7, 11) is 0. The molecule has 0 aromatic heterocycles. The van der Waals surface area contributed by atoms with E-state index in [9.17, 15) is 4.79 Å². The Kier molecular flexibility index (Phi) is 5.01. The van der Waals surface area contributed by atoms with Gasteiger partial charge in [-0.1, -0.05) is 0 Å². The SMILES string of the molecule is CCN(CC1CCOC1)C(=O)C1CCNC(C)C1. The van der Waals surface area contributed by atoms with Crippen LogP contribution in [0.15, 0.2) is 0 Å². The number of hydrogen-bond acceptors (Lipinski definition) is 3. The Hall–Kier alpha value is -0.610. The molecule has 18 heavy (non-hydrogen) atoms. The monoisotopic (exact) mass is 254 g/mol. The van der Waals surface area contributed by atoms with E-state index < -0.39 is 0 Å². The Balaban J connectivity index is 1.87. The Bertz CT molecular complexity index is 277. The summed E-state index contributed by atoms with van der Waals surface area (Å²) in [5.41, 5.74) is 0. The van der Waals surface area contributed by atoms with Gasteiger partial charge in [-0.15, -0.1) is 0 Å². The highest BCUT2D eigenvalue weighted by atomic mass is 16.5. The molecule has 4 nitrogen and oxygen atoms in total. The molecule has 0 aromatic carbocycles. The maximum atomic E-state index is 12.5. The van der Waals surface area contributed by atoms with E-state index in [-0.39, 0.29) is 5.92 Å². The van der Waals surface area contributed by atoms with Gasteiger partial charge in [-0.05, 0) is 39.7 Å².